The minimum absolute atomic E-state index is 0.239. The molecule has 0 fully saturated rings. The molecule has 1 N–H and O–H groups in total. The molecular formula is C11H11ClN2O2. The van der Waals surface area contributed by atoms with Crippen molar-refractivity contribution in [3.63, 3.8) is 0 Å². The molecule has 1 aromatic carbocycles. The lowest BCUT2D eigenvalue weighted by atomic mass is 10.2. The Morgan fingerprint density at radius 1 is 1.38 bits per heavy atom. The van der Waals surface area contributed by atoms with Gasteiger partial charge in [0.25, 0.3) is 0 Å². The van der Waals surface area contributed by atoms with Crippen molar-refractivity contribution in [3.05, 3.63) is 54.6 Å². The van der Waals surface area contributed by atoms with Gasteiger partial charge < -0.3 is 9.72 Å². The van der Waals surface area contributed by atoms with Gasteiger partial charge in [0.15, 0.2) is 0 Å². The highest BCUT2D eigenvalue weighted by atomic mass is 35.5. The van der Waals surface area contributed by atoms with E-state index in [1.54, 1.807) is 18.7 Å². The van der Waals surface area contributed by atoms with Crippen LogP contribution in [-0.2, 0) is 11.3 Å². The van der Waals surface area contributed by atoms with Crippen LogP contribution in [0.25, 0.3) is 0 Å². The number of halogens is 1. The number of carbonyl (C=O) groups is 1. The lowest BCUT2D eigenvalue weighted by Gasteiger charge is -1.98. The van der Waals surface area contributed by atoms with Gasteiger partial charge in [-0.2, -0.15) is 0 Å². The fourth-order valence-corrected chi connectivity index (χ4v) is 0.984. The molecule has 0 aliphatic carbocycles. The minimum atomic E-state index is -0.770. The summed E-state index contributed by atoms with van der Waals surface area (Å²) in [5, 5.41) is 0. The van der Waals surface area contributed by atoms with Crippen LogP contribution in [0.5, 0.6) is 0 Å². The van der Waals surface area contributed by atoms with Gasteiger partial charge in [0.2, 0.25) is 0 Å². The standard InChI is InChI=1S/C8H7ClO2.C3H4N2/c9-8(10)11-6-7-4-2-1-3-5-7;1-2-5-3-4-1/h1-5H,6H2;1-3H,(H,4,5). The van der Waals surface area contributed by atoms with Crippen LogP contribution in [0.15, 0.2) is 49.1 Å². The van der Waals surface area contributed by atoms with Gasteiger partial charge >= 0.3 is 5.43 Å². The maximum absolute atomic E-state index is 10.2. The summed E-state index contributed by atoms with van der Waals surface area (Å²) >= 11 is 4.97. The van der Waals surface area contributed by atoms with Crippen molar-refractivity contribution in [1.82, 2.24) is 9.97 Å². The number of hydrogen-bond acceptors (Lipinski definition) is 3. The minimum Gasteiger partial charge on any atom is -0.449 e. The number of carbonyl (C=O) groups excluding carboxylic acids is 1. The largest absolute Gasteiger partial charge is 0.449 e. The number of H-pyrrole nitrogens is 1. The SMILES string of the molecule is O=C(Cl)OCc1ccccc1.c1c[nH]cn1. The van der Waals surface area contributed by atoms with Crippen LogP contribution in [0.3, 0.4) is 0 Å². The molecule has 0 aliphatic rings. The lowest BCUT2D eigenvalue weighted by molar-refractivity contribution is 0.167. The van der Waals surface area contributed by atoms with E-state index in [1.807, 2.05) is 30.3 Å². The summed E-state index contributed by atoms with van der Waals surface area (Å²) in [6.45, 7) is 0.239. The molecule has 0 amide bonds. The molecule has 84 valence electrons. The molecule has 0 saturated heterocycles. The molecule has 5 heteroatoms. The average molecular weight is 239 g/mol. The Morgan fingerprint density at radius 3 is 2.56 bits per heavy atom. The first-order valence-electron chi connectivity index (χ1n) is 4.58. The third-order valence-corrected chi connectivity index (χ3v) is 1.71. The van der Waals surface area contributed by atoms with E-state index in [-0.39, 0.29) is 6.61 Å². The molecule has 1 heterocycles. The summed E-state index contributed by atoms with van der Waals surface area (Å²) in [6.07, 6.45) is 5.08. The molecule has 0 bridgehead atoms. The number of ether oxygens (including phenoxy) is 1. The number of aromatic amines is 1. The predicted octanol–water partition coefficient (Wildman–Crippen LogP) is 2.97. The van der Waals surface area contributed by atoms with Crippen LogP contribution < -0.4 is 0 Å². The summed E-state index contributed by atoms with van der Waals surface area (Å²) in [6, 6.07) is 9.36. The van der Waals surface area contributed by atoms with E-state index in [4.69, 9.17) is 11.6 Å². The summed E-state index contributed by atoms with van der Waals surface area (Å²) in [4.78, 5) is 16.6. The van der Waals surface area contributed by atoms with Crippen LogP contribution in [0.2, 0.25) is 0 Å². The zero-order chi connectivity index (χ0) is 11.6. The highest BCUT2D eigenvalue weighted by Crippen LogP contribution is 2.01. The Labute approximate surface area is 98.2 Å². The molecule has 0 saturated carbocycles. The molecule has 2 aromatic rings. The Kier molecular flexibility index (Phi) is 5.73. The smallest absolute Gasteiger partial charge is 0.404 e. The molecule has 0 radical (unpaired) electrons. The van der Waals surface area contributed by atoms with Crippen molar-refractivity contribution >= 4 is 17.0 Å². The molecule has 0 atom stereocenters. The van der Waals surface area contributed by atoms with E-state index < -0.39 is 5.43 Å². The van der Waals surface area contributed by atoms with Gasteiger partial charge in [0.05, 0.1) is 6.33 Å². The molecule has 0 aliphatic heterocycles. The Balaban J connectivity index is 0.000000212. The fraction of sp³-hybridized carbons (Fsp3) is 0.0909. The normalized spacial score (nSPS) is 8.81. The van der Waals surface area contributed by atoms with Crippen LogP contribution in [0, 0.1) is 0 Å². The molecule has 4 nitrogen and oxygen atoms in total. The molecule has 0 spiro atoms. The van der Waals surface area contributed by atoms with Crippen LogP contribution in [-0.4, -0.2) is 15.4 Å². The van der Waals surface area contributed by atoms with E-state index >= 15 is 0 Å². The number of nitrogens with one attached hydrogen (secondary N) is 1. The number of imidazole rings is 1. The topological polar surface area (TPSA) is 55.0 Å². The second kappa shape index (κ2) is 7.48. The monoisotopic (exact) mass is 238 g/mol. The Bertz CT molecular complexity index is 372. The second-order valence-electron chi connectivity index (χ2n) is 2.77. The van der Waals surface area contributed by atoms with Gasteiger partial charge in [-0.1, -0.05) is 30.3 Å². The van der Waals surface area contributed by atoms with Gasteiger partial charge in [-0.05, 0) is 5.56 Å². The first kappa shape index (κ1) is 12.3. The summed E-state index contributed by atoms with van der Waals surface area (Å²) in [5.74, 6) is 0. The first-order valence-corrected chi connectivity index (χ1v) is 4.96. The maximum atomic E-state index is 10.2. The Morgan fingerprint density at radius 2 is 2.12 bits per heavy atom. The quantitative estimate of drug-likeness (QED) is 0.819. The van der Waals surface area contributed by atoms with E-state index in [1.165, 1.54) is 0 Å². The molecular weight excluding hydrogens is 228 g/mol. The zero-order valence-electron chi connectivity index (χ0n) is 8.47. The first-order chi connectivity index (χ1) is 7.79. The summed E-state index contributed by atoms with van der Waals surface area (Å²) in [7, 11) is 0. The Hall–Kier alpha value is -1.81. The van der Waals surface area contributed by atoms with Crippen molar-refractivity contribution < 1.29 is 9.53 Å². The van der Waals surface area contributed by atoms with Crippen LogP contribution in [0.4, 0.5) is 4.79 Å². The van der Waals surface area contributed by atoms with Crippen molar-refractivity contribution in [2.75, 3.05) is 0 Å². The average Bonchev–Trinajstić information content (AvgIpc) is 2.86. The van der Waals surface area contributed by atoms with E-state index in [0.29, 0.717) is 0 Å². The maximum Gasteiger partial charge on any atom is 0.404 e. The van der Waals surface area contributed by atoms with E-state index in [9.17, 15) is 4.79 Å². The number of aromatic nitrogens is 2. The van der Waals surface area contributed by atoms with Gasteiger partial charge in [0.1, 0.15) is 6.61 Å². The van der Waals surface area contributed by atoms with E-state index in [0.717, 1.165) is 5.56 Å². The number of rotatable bonds is 2. The highest BCUT2D eigenvalue weighted by molar-refractivity contribution is 6.61. The third-order valence-electron chi connectivity index (χ3n) is 1.60. The second-order valence-corrected chi connectivity index (χ2v) is 3.08. The van der Waals surface area contributed by atoms with Gasteiger partial charge in [-0.25, -0.2) is 9.78 Å². The van der Waals surface area contributed by atoms with Crippen molar-refractivity contribution in [1.29, 1.82) is 0 Å². The van der Waals surface area contributed by atoms with Gasteiger partial charge in [0, 0.05) is 24.0 Å². The molecule has 1 aromatic heterocycles. The van der Waals surface area contributed by atoms with Gasteiger partial charge in [-0.3, -0.25) is 0 Å². The predicted molar refractivity (Wildman–Crippen MR) is 61.1 cm³/mol. The van der Waals surface area contributed by atoms with E-state index in [2.05, 4.69) is 14.7 Å². The summed E-state index contributed by atoms with van der Waals surface area (Å²) in [5.41, 5.74) is 0.162. The molecule has 0 unspecified atom stereocenters. The highest BCUT2D eigenvalue weighted by Gasteiger charge is 1.95. The zero-order valence-corrected chi connectivity index (χ0v) is 9.22. The van der Waals surface area contributed by atoms with Crippen molar-refractivity contribution in [2.24, 2.45) is 0 Å². The lowest BCUT2D eigenvalue weighted by Crippen LogP contribution is -1.93. The molecule has 2 rings (SSSR count). The molecule has 16 heavy (non-hydrogen) atoms. The number of benzene rings is 1. The van der Waals surface area contributed by atoms with Gasteiger partial charge in [-0.15, -0.1) is 0 Å². The summed E-state index contributed by atoms with van der Waals surface area (Å²) < 4.78 is 4.55. The third kappa shape index (κ3) is 5.82. The number of hydrogen-bond donors (Lipinski definition) is 1. The van der Waals surface area contributed by atoms with Crippen LogP contribution in [0.1, 0.15) is 5.56 Å². The fourth-order valence-electron chi connectivity index (χ4n) is 0.929. The van der Waals surface area contributed by atoms with Crippen LogP contribution >= 0.6 is 11.6 Å². The number of nitrogens with zero attached hydrogens (tertiary/aromatic N) is 1. The van der Waals surface area contributed by atoms with Crippen molar-refractivity contribution in [3.8, 4) is 0 Å². The van der Waals surface area contributed by atoms with Crippen molar-refractivity contribution in [2.45, 2.75) is 6.61 Å².